The van der Waals surface area contributed by atoms with E-state index in [1.54, 1.807) is 4.90 Å². The van der Waals surface area contributed by atoms with Crippen molar-refractivity contribution in [3.8, 4) is 0 Å². The van der Waals surface area contributed by atoms with Crippen LogP contribution in [0.2, 0.25) is 0 Å². The van der Waals surface area contributed by atoms with Crippen molar-refractivity contribution < 1.29 is 19.5 Å². The first-order chi connectivity index (χ1) is 10.2. The second kappa shape index (κ2) is 8.41. The highest BCUT2D eigenvalue weighted by molar-refractivity contribution is 7.99. The van der Waals surface area contributed by atoms with Gasteiger partial charge in [-0.05, 0) is 12.8 Å². The topological polar surface area (TPSA) is 86.7 Å². The maximum atomic E-state index is 12.3. The summed E-state index contributed by atoms with van der Waals surface area (Å²) in [6.07, 6.45) is 1.63. The fourth-order valence-electron chi connectivity index (χ4n) is 2.40. The molecule has 1 fully saturated rings. The van der Waals surface area contributed by atoms with Gasteiger partial charge in [-0.15, -0.1) is 11.8 Å². The number of thioether (sulfide) groups is 1. The lowest BCUT2D eigenvalue weighted by Crippen LogP contribution is -2.48. The minimum absolute atomic E-state index is 0.0395. The number of aliphatic carboxylic acids is 1. The van der Waals surface area contributed by atoms with Gasteiger partial charge in [-0.2, -0.15) is 0 Å². The average Bonchev–Trinajstić information content (AvgIpc) is 2.44. The van der Waals surface area contributed by atoms with Crippen LogP contribution in [0.15, 0.2) is 0 Å². The summed E-state index contributed by atoms with van der Waals surface area (Å²) in [4.78, 5) is 36.6. The fraction of sp³-hybridized carbons (Fsp3) is 0.800. The summed E-state index contributed by atoms with van der Waals surface area (Å²) in [6.45, 7) is 7.31. The van der Waals surface area contributed by atoms with Gasteiger partial charge in [0.1, 0.15) is 0 Å². The van der Waals surface area contributed by atoms with E-state index in [4.69, 9.17) is 5.11 Å². The van der Waals surface area contributed by atoms with Gasteiger partial charge < -0.3 is 15.3 Å². The number of likely N-dealkylation sites (tertiary alicyclic amines) is 1. The molecule has 126 valence electrons. The maximum absolute atomic E-state index is 12.3. The minimum atomic E-state index is -0.847. The summed E-state index contributed by atoms with van der Waals surface area (Å²) in [5.41, 5.74) is -0.425. The van der Waals surface area contributed by atoms with Gasteiger partial charge in [0.05, 0.1) is 11.7 Å². The summed E-state index contributed by atoms with van der Waals surface area (Å²) in [5, 5.41) is 11.4. The summed E-state index contributed by atoms with van der Waals surface area (Å²) in [7, 11) is 0. The number of piperidine rings is 1. The number of carbonyl (C=O) groups excluding carboxylic acids is 2. The Hall–Kier alpha value is -1.24. The van der Waals surface area contributed by atoms with Crippen molar-refractivity contribution in [3.63, 3.8) is 0 Å². The Kier molecular flexibility index (Phi) is 7.19. The molecule has 0 aromatic carbocycles. The first-order valence-corrected chi connectivity index (χ1v) is 8.74. The lowest BCUT2D eigenvalue weighted by molar-refractivity contribution is -0.142. The third-order valence-corrected chi connectivity index (χ3v) is 4.44. The molecule has 0 saturated carbocycles. The molecule has 2 amide bonds. The molecule has 0 bridgehead atoms. The van der Waals surface area contributed by atoms with Crippen LogP contribution in [0, 0.1) is 11.3 Å². The Bertz CT molecular complexity index is 420. The second-order valence-electron chi connectivity index (χ2n) is 6.58. The highest BCUT2D eigenvalue weighted by Gasteiger charge is 2.33. The Labute approximate surface area is 136 Å². The third kappa shape index (κ3) is 6.25. The molecule has 0 spiro atoms. The van der Waals surface area contributed by atoms with Gasteiger partial charge in [-0.1, -0.05) is 20.8 Å². The highest BCUT2D eigenvalue weighted by Crippen LogP contribution is 2.23. The van der Waals surface area contributed by atoms with Crippen molar-refractivity contribution in [2.75, 3.05) is 31.1 Å². The molecule has 0 aromatic heterocycles. The van der Waals surface area contributed by atoms with E-state index in [1.807, 2.05) is 20.8 Å². The molecule has 0 radical (unpaired) electrons. The molecule has 7 heteroatoms. The van der Waals surface area contributed by atoms with Crippen LogP contribution >= 0.6 is 11.8 Å². The number of nitrogens with zero attached hydrogens (tertiary/aromatic N) is 1. The molecule has 1 aliphatic heterocycles. The zero-order valence-corrected chi connectivity index (χ0v) is 14.4. The van der Waals surface area contributed by atoms with Gasteiger partial charge in [0.15, 0.2) is 0 Å². The van der Waals surface area contributed by atoms with Gasteiger partial charge >= 0.3 is 5.97 Å². The van der Waals surface area contributed by atoms with Crippen LogP contribution in [0.4, 0.5) is 0 Å². The molecule has 0 aromatic rings. The molecular weight excluding hydrogens is 304 g/mol. The quantitative estimate of drug-likeness (QED) is 0.715. The number of nitrogens with one attached hydrogen (secondary N) is 1. The monoisotopic (exact) mass is 330 g/mol. The molecule has 1 rings (SSSR count). The zero-order valence-electron chi connectivity index (χ0n) is 13.6. The van der Waals surface area contributed by atoms with Crippen LogP contribution in [0.5, 0.6) is 0 Å². The molecule has 6 nitrogen and oxygen atoms in total. The molecule has 22 heavy (non-hydrogen) atoms. The van der Waals surface area contributed by atoms with E-state index in [9.17, 15) is 14.4 Å². The van der Waals surface area contributed by atoms with E-state index in [0.29, 0.717) is 25.4 Å². The Balaban J connectivity index is 2.36. The van der Waals surface area contributed by atoms with Gasteiger partial charge in [-0.3, -0.25) is 14.4 Å². The molecule has 1 heterocycles. The fourth-order valence-corrected chi connectivity index (χ4v) is 2.97. The standard InChI is InChI=1S/C15H26N2O4S/c1-15(2,3)14(21)17-7-4-5-11(9-17)13(20)16-6-8-22-10-12(18)19/h11H,4-10H2,1-3H3,(H,16,20)(H,18,19). The van der Waals surface area contributed by atoms with Gasteiger partial charge in [0.2, 0.25) is 11.8 Å². The van der Waals surface area contributed by atoms with E-state index in [0.717, 1.165) is 12.8 Å². The van der Waals surface area contributed by atoms with Gasteiger partial charge in [0.25, 0.3) is 0 Å². The number of amides is 2. The zero-order chi connectivity index (χ0) is 16.8. The van der Waals surface area contributed by atoms with Crippen LogP contribution in [0.25, 0.3) is 0 Å². The highest BCUT2D eigenvalue weighted by atomic mass is 32.2. The first kappa shape index (κ1) is 18.8. The maximum Gasteiger partial charge on any atom is 0.313 e. The van der Waals surface area contributed by atoms with Crippen molar-refractivity contribution in [2.45, 2.75) is 33.6 Å². The van der Waals surface area contributed by atoms with E-state index >= 15 is 0 Å². The third-order valence-electron chi connectivity index (χ3n) is 3.49. The van der Waals surface area contributed by atoms with Crippen LogP contribution < -0.4 is 5.32 Å². The van der Waals surface area contributed by atoms with Crippen molar-refractivity contribution in [2.24, 2.45) is 11.3 Å². The van der Waals surface area contributed by atoms with Crippen LogP contribution in [0.1, 0.15) is 33.6 Å². The van der Waals surface area contributed by atoms with Crippen molar-refractivity contribution in [3.05, 3.63) is 0 Å². The molecule has 0 aliphatic carbocycles. The number of carbonyl (C=O) groups is 3. The normalized spacial score (nSPS) is 18.9. The van der Waals surface area contributed by atoms with Gasteiger partial charge in [-0.25, -0.2) is 0 Å². The smallest absolute Gasteiger partial charge is 0.313 e. The lowest BCUT2D eigenvalue weighted by atomic mass is 9.91. The Morgan fingerprint density at radius 2 is 2.00 bits per heavy atom. The molecule has 1 saturated heterocycles. The largest absolute Gasteiger partial charge is 0.481 e. The molecule has 1 atom stereocenters. The number of carboxylic acid groups (broad SMARTS) is 1. The predicted molar refractivity (Wildman–Crippen MR) is 86.7 cm³/mol. The number of rotatable bonds is 6. The van der Waals surface area contributed by atoms with Crippen LogP contribution in [0.3, 0.4) is 0 Å². The Morgan fingerprint density at radius 3 is 2.59 bits per heavy atom. The first-order valence-electron chi connectivity index (χ1n) is 7.58. The minimum Gasteiger partial charge on any atom is -0.481 e. The average molecular weight is 330 g/mol. The summed E-state index contributed by atoms with van der Waals surface area (Å²) >= 11 is 1.28. The second-order valence-corrected chi connectivity index (χ2v) is 7.68. The molecule has 1 aliphatic rings. The molecule has 2 N–H and O–H groups in total. The van der Waals surface area contributed by atoms with E-state index in [-0.39, 0.29) is 23.5 Å². The summed E-state index contributed by atoms with van der Waals surface area (Å²) in [6, 6.07) is 0. The van der Waals surface area contributed by atoms with Crippen LogP contribution in [-0.2, 0) is 14.4 Å². The van der Waals surface area contributed by atoms with Crippen molar-refractivity contribution in [1.29, 1.82) is 0 Å². The van der Waals surface area contributed by atoms with Crippen molar-refractivity contribution >= 4 is 29.5 Å². The van der Waals surface area contributed by atoms with E-state index in [2.05, 4.69) is 5.32 Å². The summed E-state index contributed by atoms with van der Waals surface area (Å²) in [5.74, 6) is -0.337. The SMILES string of the molecule is CC(C)(C)C(=O)N1CCCC(C(=O)NCCSCC(=O)O)C1. The number of hydrogen-bond acceptors (Lipinski definition) is 4. The number of carboxylic acids is 1. The number of hydrogen-bond donors (Lipinski definition) is 2. The molecule has 1 unspecified atom stereocenters. The Morgan fingerprint density at radius 1 is 1.32 bits per heavy atom. The van der Waals surface area contributed by atoms with Gasteiger partial charge in [0, 0.05) is 30.8 Å². The summed E-state index contributed by atoms with van der Waals surface area (Å²) < 4.78 is 0. The van der Waals surface area contributed by atoms with Crippen LogP contribution in [-0.4, -0.2) is 58.9 Å². The van der Waals surface area contributed by atoms with E-state index in [1.165, 1.54) is 11.8 Å². The molecular formula is C15H26N2O4S. The predicted octanol–water partition coefficient (Wildman–Crippen LogP) is 1.21. The lowest BCUT2D eigenvalue weighted by Gasteiger charge is -2.35. The van der Waals surface area contributed by atoms with Crippen molar-refractivity contribution in [1.82, 2.24) is 10.2 Å². The van der Waals surface area contributed by atoms with E-state index < -0.39 is 11.4 Å².